The number of hydrogen-bond donors (Lipinski definition) is 0. The molecule has 0 spiro atoms. The van der Waals surface area contributed by atoms with E-state index in [1.54, 1.807) is 68.4 Å². The van der Waals surface area contributed by atoms with Crippen LogP contribution in [0, 0.1) is 10.1 Å². The van der Waals surface area contributed by atoms with E-state index in [1.165, 1.54) is 7.11 Å². The zero-order valence-electron chi connectivity index (χ0n) is 17.2. The number of nitro groups is 1. The number of ether oxygens (including phenoxy) is 1. The number of hydrogen-bond acceptors (Lipinski definition) is 7. The maximum absolute atomic E-state index is 13.8. The second kappa shape index (κ2) is 11.0. The minimum absolute atomic E-state index is 0.0208. The molecule has 2 aromatic carbocycles. The van der Waals surface area contributed by atoms with Gasteiger partial charge in [-0.2, -0.15) is 0 Å². The molecule has 30 heavy (non-hydrogen) atoms. The fourth-order valence-corrected chi connectivity index (χ4v) is 5.63. The van der Waals surface area contributed by atoms with Gasteiger partial charge in [-0.25, -0.2) is 0 Å². The fourth-order valence-electron chi connectivity index (χ4n) is 3.38. The van der Waals surface area contributed by atoms with E-state index in [9.17, 15) is 19.5 Å². The van der Waals surface area contributed by atoms with Crippen molar-refractivity contribution >= 4 is 13.4 Å². The van der Waals surface area contributed by atoms with Crippen molar-refractivity contribution in [3.05, 3.63) is 75.8 Å². The standard InChI is InChI=1S/C21H26NO7P/c1-4-28-30(26,29-5-2)21(20(23)16-11-7-6-8-12-16)18(15-22(24)25)17-13-9-10-14-19(17)27-3/h6-14,18,21H,4-5,15H2,1-3H3/t18-,21?/m0/s1. The predicted molar refractivity (Wildman–Crippen MR) is 113 cm³/mol. The molecule has 0 bridgehead atoms. The fraction of sp³-hybridized carbons (Fsp3) is 0.381. The zero-order valence-corrected chi connectivity index (χ0v) is 18.1. The number of rotatable bonds is 12. The first-order valence-electron chi connectivity index (χ1n) is 9.60. The summed E-state index contributed by atoms with van der Waals surface area (Å²) in [5.74, 6) is -1.28. The third-order valence-corrected chi connectivity index (χ3v) is 7.06. The van der Waals surface area contributed by atoms with E-state index in [0.29, 0.717) is 11.3 Å². The SMILES string of the molecule is CCOP(=O)(OCC)C(C(=O)c1ccccc1)[C@@H](C[N+](=O)[O-])c1ccccc1OC. The largest absolute Gasteiger partial charge is 0.496 e. The van der Waals surface area contributed by atoms with Gasteiger partial charge in [-0.15, -0.1) is 0 Å². The number of carbonyl (C=O) groups excluding carboxylic acids is 1. The molecule has 9 heteroatoms. The van der Waals surface area contributed by atoms with Crippen molar-refractivity contribution in [1.82, 2.24) is 0 Å². The van der Waals surface area contributed by atoms with Crippen LogP contribution >= 0.6 is 7.60 Å². The highest BCUT2D eigenvalue weighted by Gasteiger charge is 2.49. The van der Waals surface area contributed by atoms with Gasteiger partial charge in [-0.3, -0.25) is 19.5 Å². The summed E-state index contributed by atoms with van der Waals surface area (Å²) in [6, 6.07) is 14.9. The Bertz CT molecular complexity index is 893. The molecule has 0 saturated carbocycles. The van der Waals surface area contributed by atoms with Crippen LogP contribution in [0.4, 0.5) is 0 Å². The first-order valence-corrected chi connectivity index (χ1v) is 11.2. The van der Waals surface area contributed by atoms with Crippen LogP contribution in [0.5, 0.6) is 5.75 Å². The second-order valence-corrected chi connectivity index (χ2v) is 8.57. The van der Waals surface area contributed by atoms with Gasteiger partial charge in [0.15, 0.2) is 5.78 Å². The molecule has 0 aliphatic heterocycles. The summed E-state index contributed by atoms with van der Waals surface area (Å²) in [6.07, 6.45) is 0. The molecule has 0 aliphatic carbocycles. The number of ketones is 1. The maximum Gasteiger partial charge on any atom is 0.342 e. The zero-order chi connectivity index (χ0) is 22.1. The number of benzene rings is 2. The van der Waals surface area contributed by atoms with Gasteiger partial charge in [-0.05, 0) is 19.9 Å². The average Bonchev–Trinajstić information content (AvgIpc) is 2.73. The Morgan fingerprint density at radius 2 is 1.60 bits per heavy atom. The smallest absolute Gasteiger partial charge is 0.342 e. The van der Waals surface area contributed by atoms with Gasteiger partial charge in [0.25, 0.3) is 0 Å². The maximum atomic E-state index is 13.8. The molecule has 0 heterocycles. The molecule has 1 unspecified atom stereocenters. The molecule has 0 aliphatic rings. The van der Waals surface area contributed by atoms with Crippen molar-refractivity contribution < 1.29 is 28.1 Å². The van der Waals surface area contributed by atoms with E-state index in [4.69, 9.17) is 13.8 Å². The van der Waals surface area contributed by atoms with Gasteiger partial charge in [0, 0.05) is 16.1 Å². The van der Waals surface area contributed by atoms with Crippen LogP contribution in [0.2, 0.25) is 0 Å². The van der Waals surface area contributed by atoms with Crippen molar-refractivity contribution in [3.63, 3.8) is 0 Å². The summed E-state index contributed by atoms with van der Waals surface area (Å²) in [7, 11) is -2.64. The Hall–Kier alpha value is -2.54. The van der Waals surface area contributed by atoms with Crippen LogP contribution in [0.15, 0.2) is 54.6 Å². The highest BCUT2D eigenvalue weighted by molar-refractivity contribution is 7.56. The van der Waals surface area contributed by atoms with Crippen molar-refractivity contribution in [3.8, 4) is 5.75 Å². The lowest BCUT2D eigenvalue weighted by Gasteiger charge is -2.30. The third kappa shape index (κ3) is 5.53. The van der Waals surface area contributed by atoms with Gasteiger partial charge in [0.2, 0.25) is 6.54 Å². The Kier molecular flexibility index (Phi) is 8.72. The highest BCUT2D eigenvalue weighted by atomic mass is 31.2. The Morgan fingerprint density at radius 3 is 2.13 bits per heavy atom. The summed E-state index contributed by atoms with van der Waals surface area (Å²) >= 11 is 0. The van der Waals surface area contributed by atoms with E-state index in [0.717, 1.165) is 0 Å². The van der Waals surface area contributed by atoms with Crippen molar-refractivity contribution in [2.75, 3.05) is 26.9 Å². The minimum atomic E-state index is -4.07. The van der Waals surface area contributed by atoms with Gasteiger partial charge >= 0.3 is 7.60 Å². The molecule has 2 rings (SSSR count). The quantitative estimate of drug-likeness (QED) is 0.208. The van der Waals surface area contributed by atoms with Crippen molar-refractivity contribution in [2.45, 2.75) is 25.4 Å². The highest BCUT2D eigenvalue weighted by Crippen LogP contribution is 2.59. The molecule has 2 atom stereocenters. The number of para-hydroxylation sites is 1. The predicted octanol–water partition coefficient (Wildman–Crippen LogP) is 4.57. The average molecular weight is 435 g/mol. The Labute approximate surface area is 175 Å². The van der Waals surface area contributed by atoms with E-state index >= 15 is 0 Å². The lowest BCUT2D eigenvalue weighted by Crippen LogP contribution is -2.34. The van der Waals surface area contributed by atoms with E-state index in [2.05, 4.69) is 0 Å². The molecule has 0 fully saturated rings. The summed E-state index contributed by atoms with van der Waals surface area (Å²) in [5, 5.41) is 11.6. The summed E-state index contributed by atoms with van der Waals surface area (Å²) in [6.45, 7) is 2.65. The monoisotopic (exact) mass is 435 g/mol. The molecule has 0 radical (unpaired) electrons. The Balaban J connectivity index is 2.73. The number of methoxy groups -OCH3 is 1. The first-order chi connectivity index (χ1) is 14.4. The van der Waals surface area contributed by atoms with Crippen LogP contribution in [0.3, 0.4) is 0 Å². The van der Waals surface area contributed by atoms with Crippen LogP contribution in [0.25, 0.3) is 0 Å². The van der Waals surface area contributed by atoms with Crippen LogP contribution < -0.4 is 4.74 Å². The topological polar surface area (TPSA) is 105 Å². The molecule has 0 aromatic heterocycles. The van der Waals surface area contributed by atoms with E-state index in [-0.39, 0.29) is 18.8 Å². The normalized spacial score (nSPS) is 13.4. The summed E-state index contributed by atoms with van der Waals surface area (Å²) in [5.41, 5.74) is -0.752. The minimum Gasteiger partial charge on any atom is -0.496 e. The van der Waals surface area contributed by atoms with Crippen molar-refractivity contribution in [1.29, 1.82) is 0 Å². The van der Waals surface area contributed by atoms with Gasteiger partial charge in [0.05, 0.1) is 26.2 Å². The molecular weight excluding hydrogens is 409 g/mol. The molecule has 0 N–H and O–H groups in total. The molecular formula is C21H26NO7P. The van der Waals surface area contributed by atoms with Crippen LogP contribution in [0.1, 0.15) is 35.7 Å². The Morgan fingerprint density at radius 1 is 1.03 bits per heavy atom. The lowest BCUT2D eigenvalue weighted by atomic mass is 9.90. The number of carbonyl (C=O) groups is 1. The molecule has 2 aromatic rings. The molecule has 162 valence electrons. The van der Waals surface area contributed by atoms with Gasteiger partial charge in [0.1, 0.15) is 11.4 Å². The number of Topliss-reactive ketones (excluding diaryl/α,β-unsaturated/α-hetero) is 1. The molecule has 0 saturated heterocycles. The molecule has 0 amide bonds. The van der Waals surface area contributed by atoms with Gasteiger partial charge in [-0.1, -0.05) is 48.5 Å². The summed E-state index contributed by atoms with van der Waals surface area (Å²) < 4.78 is 30.1. The lowest BCUT2D eigenvalue weighted by molar-refractivity contribution is -0.483. The van der Waals surface area contributed by atoms with Gasteiger partial charge < -0.3 is 13.8 Å². The van der Waals surface area contributed by atoms with Crippen molar-refractivity contribution in [2.24, 2.45) is 0 Å². The number of nitrogens with zero attached hydrogens (tertiary/aromatic N) is 1. The first kappa shape index (κ1) is 23.7. The second-order valence-electron chi connectivity index (χ2n) is 6.41. The molecule has 8 nitrogen and oxygen atoms in total. The summed E-state index contributed by atoms with van der Waals surface area (Å²) in [4.78, 5) is 24.6. The third-order valence-electron chi connectivity index (χ3n) is 4.55. The van der Waals surface area contributed by atoms with E-state index < -0.39 is 36.4 Å². The van der Waals surface area contributed by atoms with Crippen LogP contribution in [-0.4, -0.2) is 43.2 Å². The van der Waals surface area contributed by atoms with Crippen LogP contribution in [-0.2, 0) is 13.6 Å². The van der Waals surface area contributed by atoms with E-state index in [1.807, 2.05) is 0 Å².